The van der Waals surface area contributed by atoms with E-state index in [1.54, 1.807) is 4.90 Å². The van der Waals surface area contributed by atoms with Gasteiger partial charge in [0, 0.05) is 19.7 Å². The quantitative estimate of drug-likeness (QED) is 0.905. The van der Waals surface area contributed by atoms with Crippen molar-refractivity contribution in [2.75, 3.05) is 19.7 Å². The van der Waals surface area contributed by atoms with E-state index in [0.717, 1.165) is 31.7 Å². The van der Waals surface area contributed by atoms with Crippen molar-refractivity contribution in [2.45, 2.75) is 38.7 Å². The summed E-state index contributed by atoms with van der Waals surface area (Å²) < 4.78 is 19.8. The van der Waals surface area contributed by atoms with E-state index in [2.05, 4.69) is 6.92 Å². The van der Waals surface area contributed by atoms with Crippen LogP contribution < -0.4 is 0 Å². The summed E-state index contributed by atoms with van der Waals surface area (Å²) in [5, 5.41) is 8.85. The van der Waals surface area contributed by atoms with Gasteiger partial charge in [0.05, 0.1) is 17.2 Å². The first-order valence-electron chi connectivity index (χ1n) is 7.96. The van der Waals surface area contributed by atoms with E-state index in [1.165, 1.54) is 12.1 Å². The number of carbonyl (C=O) groups excluding carboxylic acids is 1. The van der Waals surface area contributed by atoms with Gasteiger partial charge < -0.3 is 14.7 Å². The third kappa shape index (κ3) is 4.51. The highest BCUT2D eigenvalue weighted by molar-refractivity contribution is 5.96. The SMILES string of the molecule is CCCOC1CCCN(C(=O)c2ccc(C(=O)O)cc2F)CC1. The number of carboxylic acids is 1. The van der Waals surface area contributed by atoms with Crippen molar-refractivity contribution < 1.29 is 23.8 Å². The van der Waals surface area contributed by atoms with Gasteiger partial charge in [-0.15, -0.1) is 0 Å². The Labute approximate surface area is 135 Å². The van der Waals surface area contributed by atoms with Gasteiger partial charge in [0.2, 0.25) is 0 Å². The topological polar surface area (TPSA) is 66.8 Å². The molecule has 0 bridgehead atoms. The number of benzene rings is 1. The lowest BCUT2D eigenvalue weighted by molar-refractivity contribution is 0.0432. The summed E-state index contributed by atoms with van der Waals surface area (Å²) in [4.78, 5) is 24.9. The fraction of sp³-hybridized carbons (Fsp3) is 0.529. The first-order valence-corrected chi connectivity index (χ1v) is 7.96. The van der Waals surface area contributed by atoms with Crippen LogP contribution in [0, 0.1) is 5.82 Å². The summed E-state index contributed by atoms with van der Waals surface area (Å²) in [6, 6.07) is 3.39. The summed E-state index contributed by atoms with van der Waals surface area (Å²) in [5.41, 5.74) is -0.245. The maximum atomic E-state index is 14.0. The smallest absolute Gasteiger partial charge is 0.335 e. The second-order valence-corrected chi connectivity index (χ2v) is 5.72. The molecule has 1 aromatic carbocycles. The van der Waals surface area contributed by atoms with Gasteiger partial charge in [0.15, 0.2) is 0 Å². The highest BCUT2D eigenvalue weighted by Gasteiger charge is 2.24. The molecule has 0 saturated carbocycles. The molecule has 1 N–H and O–H groups in total. The number of aromatic carboxylic acids is 1. The Bertz CT molecular complexity index is 576. The van der Waals surface area contributed by atoms with Crippen molar-refractivity contribution in [3.8, 4) is 0 Å². The molecule has 23 heavy (non-hydrogen) atoms. The van der Waals surface area contributed by atoms with Gasteiger partial charge in [-0.2, -0.15) is 0 Å². The molecule has 0 spiro atoms. The number of carbonyl (C=O) groups is 2. The largest absolute Gasteiger partial charge is 0.478 e. The van der Waals surface area contributed by atoms with Crippen molar-refractivity contribution >= 4 is 11.9 Å². The first-order chi connectivity index (χ1) is 11.0. The molecule has 1 unspecified atom stereocenters. The van der Waals surface area contributed by atoms with Gasteiger partial charge in [-0.1, -0.05) is 6.92 Å². The van der Waals surface area contributed by atoms with Crippen LogP contribution in [0.1, 0.15) is 53.3 Å². The lowest BCUT2D eigenvalue weighted by atomic mass is 10.1. The van der Waals surface area contributed by atoms with Crippen LogP contribution in [-0.4, -0.2) is 47.7 Å². The average Bonchev–Trinajstić information content (AvgIpc) is 2.77. The summed E-state index contributed by atoms with van der Waals surface area (Å²) in [7, 11) is 0. The van der Waals surface area contributed by atoms with Crippen molar-refractivity contribution in [3.63, 3.8) is 0 Å². The molecule has 0 aromatic heterocycles. The summed E-state index contributed by atoms with van der Waals surface area (Å²) in [6.45, 7) is 3.85. The van der Waals surface area contributed by atoms with E-state index in [4.69, 9.17) is 9.84 Å². The Hall–Kier alpha value is -1.95. The van der Waals surface area contributed by atoms with Crippen LogP contribution in [0.4, 0.5) is 4.39 Å². The van der Waals surface area contributed by atoms with Gasteiger partial charge >= 0.3 is 5.97 Å². The molecule has 2 rings (SSSR count). The molecule has 6 heteroatoms. The third-order valence-corrected chi connectivity index (χ3v) is 3.97. The van der Waals surface area contributed by atoms with Gasteiger partial charge in [0.1, 0.15) is 5.82 Å². The molecular weight excluding hydrogens is 301 g/mol. The predicted octanol–water partition coefficient (Wildman–Crippen LogP) is 2.95. The first kappa shape index (κ1) is 17.4. The minimum atomic E-state index is -1.21. The molecule has 0 radical (unpaired) electrons. The molecule has 1 aliphatic rings. The van der Waals surface area contributed by atoms with Crippen LogP contribution in [0.3, 0.4) is 0 Å². The number of halogens is 1. The second-order valence-electron chi connectivity index (χ2n) is 5.72. The normalized spacial score (nSPS) is 18.5. The Morgan fingerprint density at radius 2 is 2.13 bits per heavy atom. The molecule has 0 aliphatic carbocycles. The molecular formula is C17H22FNO4. The van der Waals surface area contributed by atoms with Crippen LogP contribution in [0.2, 0.25) is 0 Å². The van der Waals surface area contributed by atoms with Crippen molar-refractivity contribution in [2.24, 2.45) is 0 Å². The standard InChI is InChI=1S/C17H22FNO4/c1-2-10-23-13-4-3-8-19(9-7-13)16(20)14-6-5-12(17(21)22)11-15(14)18/h5-6,11,13H,2-4,7-10H2,1H3,(H,21,22). The Kier molecular flexibility index (Phi) is 6.10. The summed E-state index contributed by atoms with van der Waals surface area (Å²) in [6.07, 6.45) is 3.55. The van der Waals surface area contributed by atoms with E-state index in [9.17, 15) is 14.0 Å². The van der Waals surface area contributed by atoms with Crippen LogP contribution in [0.25, 0.3) is 0 Å². The van der Waals surface area contributed by atoms with E-state index in [1.807, 2.05) is 0 Å². The Balaban J connectivity index is 2.04. The molecule has 1 atom stereocenters. The van der Waals surface area contributed by atoms with Gasteiger partial charge in [-0.05, 0) is 43.9 Å². The monoisotopic (exact) mass is 323 g/mol. The minimum Gasteiger partial charge on any atom is -0.478 e. The predicted molar refractivity (Wildman–Crippen MR) is 83.1 cm³/mol. The molecule has 1 fully saturated rings. The molecule has 1 saturated heterocycles. The number of likely N-dealkylation sites (tertiary alicyclic amines) is 1. The molecule has 126 valence electrons. The second kappa shape index (κ2) is 8.06. The van der Waals surface area contributed by atoms with Crippen molar-refractivity contribution in [3.05, 3.63) is 35.1 Å². The number of ether oxygens (including phenoxy) is 1. The Morgan fingerprint density at radius 3 is 2.78 bits per heavy atom. The number of hydrogen-bond donors (Lipinski definition) is 1. The molecule has 1 heterocycles. The summed E-state index contributed by atoms with van der Waals surface area (Å²) >= 11 is 0. The fourth-order valence-electron chi connectivity index (χ4n) is 2.71. The van der Waals surface area contributed by atoms with Crippen molar-refractivity contribution in [1.82, 2.24) is 4.90 Å². The van der Waals surface area contributed by atoms with Crippen LogP contribution in [0.5, 0.6) is 0 Å². The number of nitrogens with zero attached hydrogens (tertiary/aromatic N) is 1. The molecule has 1 aromatic rings. The highest BCUT2D eigenvalue weighted by atomic mass is 19.1. The highest BCUT2D eigenvalue weighted by Crippen LogP contribution is 2.19. The number of rotatable bonds is 5. The molecule has 1 aliphatic heterocycles. The summed E-state index contributed by atoms with van der Waals surface area (Å²) in [5.74, 6) is -2.40. The zero-order valence-electron chi connectivity index (χ0n) is 13.3. The lowest BCUT2D eigenvalue weighted by Crippen LogP contribution is -2.33. The van der Waals surface area contributed by atoms with Crippen LogP contribution in [0.15, 0.2) is 18.2 Å². The number of hydrogen-bond acceptors (Lipinski definition) is 3. The van der Waals surface area contributed by atoms with Gasteiger partial charge in [-0.25, -0.2) is 9.18 Å². The molecule has 1 amide bonds. The van der Waals surface area contributed by atoms with E-state index >= 15 is 0 Å². The average molecular weight is 323 g/mol. The van der Waals surface area contributed by atoms with E-state index in [0.29, 0.717) is 19.7 Å². The minimum absolute atomic E-state index is 0.0806. The Morgan fingerprint density at radius 1 is 1.35 bits per heavy atom. The third-order valence-electron chi connectivity index (χ3n) is 3.97. The maximum absolute atomic E-state index is 14.0. The van der Waals surface area contributed by atoms with Crippen LogP contribution >= 0.6 is 0 Å². The van der Waals surface area contributed by atoms with Crippen molar-refractivity contribution in [1.29, 1.82) is 0 Å². The van der Waals surface area contributed by atoms with E-state index in [-0.39, 0.29) is 17.2 Å². The zero-order valence-corrected chi connectivity index (χ0v) is 13.3. The number of amides is 1. The maximum Gasteiger partial charge on any atom is 0.335 e. The van der Waals surface area contributed by atoms with Gasteiger partial charge in [-0.3, -0.25) is 4.79 Å². The fourth-order valence-corrected chi connectivity index (χ4v) is 2.71. The molecule has 5 nitrogen and oxygen atoms in total. The zero-order chi connectivity index (χ0) is 16.8. The van der Waals surface area contributed by atoms with Crippen LogP contribution in [-0.2, 0) is 4.74 Å². The van der Waals surface area contributed by atoms with E-state index < -0.39 is 17.7 Å². The van der Waals surface area contributed by atoms with Gasteiger partial charge in [0.25, 0.3) is 5.91 Å². The number of carboxylic acid groups (broad SMARTS) is 1. The lowest BCUT2D eigenvalue weighted by Gasteiger charge is -2.21.